The molecule has 0 amide bonds. The Balaban J connectivity index is 0.000000371. The van der Waals surface area contributed by atoms with Gasteiger partial charge >= 0.3 is 0 Å². The van der Waals surface area contributed by atoms with Crippen molar-refractivity contribution in [2.75, 3.05) is 5.83 Å². The lowest BCUT2D eigenvalue weighted by Crippen LogP contribution is -1.77. The van der Waals surface area contributed by atoms with Crippen molar-refractivity contribution in [3.63, 3.8) is 0 Å². The quantitative estimate of drug-likeness (QED) is 0.576. The fourth-order valence-corrected chi connectivity index (χ4v) is 0.439. The van der Waals surface area contributed by atoms with Crippen molar-refractivity contribution in [3.8, 4) is 0 Å². The largest absolute Gasteiger partial charge is 0.204 e. The van der Waals surface area contributed by atoms with Gasteiger partial charge < -0.3 is 0 Å². The molecule has 0 aliphatic rings. The van der Waals surface area contributed by atoms with Crippen molar-refractivity contribution in [2.45, 2.75) is 0 Å². The summed E-state index contributed by atoms with van der Waals surface area (Å²) in [6, 6.07) is 5.04. The first kappa shape index (κ1) is 9.56. The van der Waals surface area contributed by atoms with Crippen LogP contribution in [0.4, 0.5) is 8.78 Å². The molecular formula is C7H7BrF2. The van der Waals surface area contributed by atoms with E-state index >= 15 is 0 Å². The molecule has 3 heteroatoms. The molecule has 0 atom stereocenters. The summed E-state index contributed by atoms with van der Waals surface area (Å²) in [4.78, 5) is 0. The normalized spacial score (nSPS) is 8.00. The van der Waals surface area contributed by atoms with Crippen LogP contribution in [-0.2, 0) is 0 Å². The first-order chi connectivity index (χ1) is 4.80. The van der Waals surface area contributed by atoms with Crippen molar-refractivity contribution in [1.29, 1.82) is 0 Å². The third-order valence-electron chi connectivity index (χ3n) is 0.824. The summed E-state index contributed by atoms with van der Waals surface area (Å²) in [5, 5.41) is 0. The van der Waals surface area contributed by atoms with Gasteiger partial charge in [-0.3, -0.25) is 0 Å². The van der Waals surface area contributed by atoms with Gasteiger partial charge in [0.05, 0.1) is 0 Å². The molecule has 10 heavy (non-hydrogen) atoms. The van der Waals surface area contributed by atoms with Gasteiger partial charge in [-0.15, -0.1) is 0 Å². The molecule has 0 aliphatic carbocycles. The smallest absolute Gasteiger partial charge is 0.158 e. The monoisotopic (exact) mass is 208 g/mol. The van der Waals surface area contributed by atoms with Gasteiger partial charge in [0.1, 0.15) is 0 Å². The predicted octanol–water partition coefficient (Wildman–Crippen LogP) is 2.98. The first-order valence-corrected chi connectivity index (χ1v) is 4.17. The Morgan fingerprint density at radius 2 is 1.30 bits per heavy atom. The van der Waals surface area contributed by atoms with Crippen LogP contribution in [0.1, 0.15) is 0 Å². The second-order valence-electron chi connectivity index (χ2n) is 1.41. The highest BCUT2D eigenvalue weighted by atomic mass is 79.9. The number of hydrogen-bond donors (Lipinski definition) is 0. The molecule has 0 fully saturated rings. The Morgan fingerprint density at radius 3 is 1.50 bits per heavy atom. The molecule has 0 saturated heterocycles. The molecule has 1 aromatic carbocycles. The van der Waals surface area contributed by atoms with Gasteiger partial charge in [0, 0.05) is 0 Å². The van der Waals surface area contributed by atoms with Gasteiger partial charge in [0.15, 0.2) is 11.6 Å². The van der Waals surface area contributed by atoms with E-state index in [1.807, 2.05) is 5.83 Å². The molecule has 0 N–H and O–H groups in total. The van der Waals surface area contributed by atoms with E-state index < -0.39 is 11.6 Å². The number of halogens is 3. The van der Waals surface area contributed by atoms with Crippen molar-refractivity contribution >= 4 is 15.9 Å². The van der Waals surface area contributed by atoms with Crippen LogP contribution in [0.5, 0.6) is 0 Å². The summed E-state index contributed by atoms with van der Waals surface area (Å²) in [6.07, 6.45) is 0. The van der Waals surface area contributed by atoms with Crippen molar-refractivity contribution < 1.29 is 8.78 Å². The van der Waals surface area contributed by atoms with Gasteiger partial charge in [-0.2, -0.15) is 0 Å². The van der Waals surface area contributed by atoms with Crippen LogP contribution < -0.4 is 0 Å². The predicted molar refractivity (Wildman–Crippen MR) is 41.2 cm³/mol. The molecule has 0 aromatic heterocycles. The van der Waals surface area contributed by atoms with Gasteiger partial charge in [-0.25, -0.2) is 8.78 Å². The van der Waals surface area contributed by atoms with Crippen molar-refractivity contribution in [3.05, 3.63) is 35.9 Å². The average molecular weight is 209 g/mol. The number of benzene rings is 1. The van der Waals surface area contributed by atoms with E-state index in [-0.39, 0.29) is 0 Å². The van der Waals surface area contributed by atoms with E-state index in [4.69, 9.17) is 0 Å². The van der Waals surface area contributed by atoms with Crippen LogP contribution in [0.15, 0.2) is 24.3 Å². The Morgan fingerprint density at radius 1 is 1.00 bits per heavy atom. The summed E-state index contributed by atoms with van der Waals surface area (Å²) in [5.41, 5.74) is 0. The summed E-state index contributed by atoms with van der Waals surface area (Å²) >= 11 is 2.94. The fourth-order valence-electron chi connectivity index (χ4n) is 0.439. The highest BCUT2D eigenvalue weighted by Gasteiger charge is 1.93. The second-order valence-corrected chi connectivity index (χ2v) is 1.41. The van der Waals surface area contributed by atoms with E-state index in [0.29, 0.717) is 0 Å². The third-order valence-corrected chi connectivity index (χ3v) is 0.824. The zero-order valence-electron chi connectivity index (χ0n) is 5.44. The second kappa shape index (κ2) is 5.35. The topological polar surface area (TPSA) is 0 Å². The molecule has 0 unspecified atom stereocenters. The number of hydrogen-bond acceptors (Lipinski definition) is 0. The molecule has 0 radical (unpaired) electrons. The lowest BCUT2D eigenvalue weighted by atomic mass is 10.3. The van der Waals surface area contributed by atoms with Crippen LogP contribution in [0.3, 0.4) is 0 Å². The molecule has 0 bridgehead atoms. The molecule has 1 rings (SSSR count). The van der Waals surface area contributed by atoms with Gasteiger partial charge in [-0.1, -0.05) is 28.1 Å². The maximum atomic E-state index is 11.9. The highest BCUT2D eigenvalue weighted by Crippen LogP contribution is 2.01. The summed E-state index contributed by atoms with van der Waals surface area (Å²) in [5.74, 6) is 0.215. The standard InChI is InChI=1S/C6H4F2.CH3Br/c7-5-3-1-2-4-6(5)8;1-2/h1-4H;1H3. The van der Waals surface area contributed by atoms with Crippen molar-refractivity contribution in [2.24, 2.45) is 0 Å². The van der Waals surface area contributed by atoms with Crippen molar-refractivity contribution in [1.82, 2.24) is 0 Å². The number of alkyl halides is 1. The van der Waals surface area contributed by atoms with Gasteiger partial charge in [-0.05, 0) is 18.0 Å². The number of rotatable bonds is 0. The van der Waals surface area contributed by atoms with Crippen LogP contribution in [0.25, 0.3) is 0 Å². The minimum Gasteiger partial charge on any atom is -0.204 e. The third kappa shape index (κ3) is 2.92. The van der Waals surface area contributed by atoms with E-state index in [1.165, 1.54) is 12.1 Å². The van der Waals surface area contributed by atoms with Crippen LogP contribution in [0, 0.1) is 11.6 Å². The summed E-state index contributed by atoms with van der Waals surface area (Å²) in [6.45, 7) is 0. The lowest BCUT2D eigenvalue weighted by Gasteiger charge is -1.85. The Hall–Kier alpha value is -0.440. The Labute approximate surface area is 67.0 Å². The van der Waals surface area contributed by atoms with Gasteiger partial charge in [0.2, 0.25) is 0 Å². The average Bonchev–Trinajstić information content (AvgIpc) is 2.00. The molecule has 56 valence electrons. The Kier molecular flexibility index (Phi) is 5.12. The van der Waals surface area contributed by atoms with Crippen LogP contribution in [0.2, 0.25) is 0 Å². The minimum atomic E-state index is -0.799. The molecule has 0 aliphatic heterocycles. The molecule has 0 heterocycles. The summed E-state index contributed by atoms with van der Waals surface area (Å²) in [7, 11) is 0. The van der Waals surface area contributed by atoms with E-state index in [9.17, 15) is 8.78 Å². The summed E-state index contributed by atoms with van der Waals surface area (Å²) < 4.78 is 23.9. The maximum absolute atomic E-state index is 11.9. The fraction of sp³-hybridized carbons (Fsp3) is 0.143. The van der Waals surface area contributed by atoms with Crippen LogP contribution in [-0.4, -0.2) is 5.83 Å². The highest BCUT2D eigenvalue weighted by molar-refractivity contribution is 9.08. The minimum absolute atomic E-state index is 0.799. The lowest BCUT2D eigenvalue weighted by molar-refractivity contribution is 0.508. The molecule has 1 aromatic rings. The van der Waals surface area contributed by atoms with Crippen LogP contribution >= 0.6 is 15.9 Å². The van der Waals surface area contributed by atoms with E-state index in [2.05, 4.69) is 15.9 Å². The SMILES string of the molecule is CBr.Fc1ccccc1F. The van der Waals surface area contributed by atoms with Gasteiger partial charge in [0.25, 0.3) is 0 Å². The Bertz CT molecular complexity index is 168. The van der Waals surface area contributed by atoms with E-state index in [0.717, 1.165) is 12.1 Å². The first-order valence-electron chi connectivity index (χ1n) is 2.58. The molecule has 0 spiro atoms. The molecule has 0 nitrogen and oxygen atoms in total. The molecule has 0 saturated carbocycles. The zero-order chi connectivity index (χ0) is 7.98. The molecular weight excluding hydrogens is 202 g/mol. The maximum Gasteiger partial charge on any atom is 0.158 e. The zero-order valence-corrected chi connectivity index (χ0v) is 7.03. The van der Waals surface area contributed by atoms with E-state index in [1.54, 1.807) is 0 Å².